The lowest BCUT2D eigenvalue weighted by molar-refractivity contribution is 0.102. The number of carbonyl (C=O) groups is 1. The van der Waals surface area contributed by atoms with Gasteiger partial charge in [-0.2, -0.15) is 0 Å². The van der Waals surface area contributed by atoms with Gasteiger partial charge in [0.15, 0.2) is 0 Å². The van der Waals surface area contributed by atoms with E-state index in [0.29, 0.717) is 17.9 Å². The summed E-state index contributed by atoms with van der Waals surface area (Å²) in [5.74, 6) is -0.175. The van der Waals surface area contributed by atoms with Crippen molar-refractivity contribution in [1.82, 2.24) is 4.72 Å². The number of carbonyl (C=O) groups excluding carboxylic acids is 1. The average molecular weight is 388 g/mol. The molecule has 0 spiro atoms. The van der Waals surface area contributed by atoms with Crippen molar-refractivity contribution >= 4 is 21.6 Å². The SMILES string of the molecule is COC[C@@H]1CCC[C@@H]1NS(=O)(=O)c1cccc(C(=O)Nc2ccccc2)c1. The third kappa shape index (κ3) is 4.94. The Morgan fingerprint density at radius 3 is 2.63 bits per heavy atom. The molecule has 2 atom stereocenters. The van der Waals surface area contributed by atoms with E-state index in [9.17, 15) is 13.2 Å². The number of rotatable bonds is 7. The van der Waals surface area contributed by atoms with Gasteiger partial charge in [-0.25, -0.2) is 13.1 Å². The van der Waals surface area contributed by atoms with Gasteiger partial charge in [0.05, 0.1) is 11.5 Å². The number of anilines is 1. The number of benzene rings is 2. The van der Waals surface area contributed by atoms with Crippen LogP contribution in [0.15, 0.2) is 59.5 Å². The fourth-order valence-corrected chi connectivity index (χ4v) is 4.79. The molecule has 0 saturated heterocycles. The van der Waals surface area contributed by atoms with Gasteiger partial charge < -0.3 is 10.1 Å². The van der Waals surface area contributed by atoms with Crippen LogP contribution in [0.3, 0.4) is 0 Å². The first kappa shape index (κ1) is 19.5. The molecule has 0 heterocycles. The van der Waals surface area contributed by atoms with E-state index < -0.39 is 10.0 Å². The lowest BCUT2D eigenvalue weighted by Gasteiger charge is -2.20. The third-order valence-corrected chi connectivity index (χ3v) is 6.27. The number of sulfonamides is 1. The molecule has 1 saturated carbocycles. The summed E-state index contributed by atoms with van der Waals surface area (Å²) in [6, 6.07) is 15.0. The zero-order valence-corrected chi connectivity index (χ0v) is 16.0. The second-order valence-electron chi connectivity index (χ2n) is 6.72. The largest absolute Gasteiger partial charge is 0.384 e. The minimum Gasteiger partial charge on any atom is -0.384 e. The summed E-state index contributed by atoms with van der Waals surface area (Å²) in [5, 5.41) is 2.76. The van der Waals surface area contributed by atoms with Gasteiger partial charge in [-0.15, -0.1) is 0 Å². The zero-order valence-electron chi connectivity index (χ0n) is 15.2. The van der Waals surface area contributed by atoms with Crippen LogP contribution in [0, 0.1) is 5.92 Å². The molecule has 0 radical (unpaired) electrons. The second kappa shape index (κ2) is 8.65. The molecule has 0 aromatic heterocycles. The number of para-hydroxylation sites is 1. The molecule has 1 amide bonds. The summed E-state index contributed by atoms with van der Waals surface area (Å²) < 4.78 is 33.6. The normalized spacial score (nSPS) is 19.7. The van der Waals surface area contributed by atoms with Gasteiger partial charge >= 0.3 is 0 Å². The van der Waals surface area contributed by atoms with Crippen molar-refractivity contribution in [2.24, 2.45) is 5.92 Å². The van der Waals surface area contributed by atoms with Crippen LogP contribution in [0.5, 0.6) is 0 Å². The Kier molecular flexibility index (Phi) is 6.26. The standard InChI is InChI=1S/C20H24N2O4S/c1-26-14-16-8-6-12-19(16)22-27(24,25)18-11-5-7-15(13-18)20(23)21-17-9-3-2-4-10-17/h2-5,7,9-11,13,16,19,22H,6,8,12,14H2,1H3,(H,21,23)/t16-,19-/m0/s1. The predicted molar refractivity (Wildman–Crippen MR) is 104 cm³/mol. The van der Waals surface area contributed by atoms with Crippen LogP contribution >= 0.6 is 0 Å². The summed E-state index contributed by atoms with van der Waals surface area (Å²) >= 11 is 0. The number of ether oxygens (including phenoxy) is 1. The Morgan fingerprint density at radius 1 is 1.11 bits per heavy atom. The molecule has 2 N–H and O–H groups in total. The van der Waals surface area contributed by atoms with E-state index in [1.54, 1.807) is 31.4 Å². The van der Waals surface area contributed by atoms with E-state index in [4.69, 9.17) is 4.74 Å². The number of amides is 1. The maximum atomic E-state index is 12.8. The Morgan fingerprint density at radius 2 is 1.89 bits per heavy atom. The number of nitrogens with one attached hydrogen (secondary N) is 2. The summed E-state index contributed by atoms with van der Waals surface area (Å²) in [6.07, 6.45) is 2.71. The third-order valence-electron chi connectivity index (χ3n) is 4.78. The van der Waals surface area contributed by atoms with Crippen LogP contribution in [0.1, 0.15) is 29.6 Å². The highest BCUT2D eigenvalue weighted by atomic mass is 32.2. The van der Waals surface area contributed by atoms with Gasteiger partial charge in [-0.1, -0.05) is 30.7 Å². The van der Waals surface area contributed by atoms with Crippen molar-refractivity contribution in [2.45, 2.75) is 30.2 Å². The fraction of sp³-hybridized carbons (Fsp3) is 0.350. The van der Waals surface area contributed by atoms with Crippen LogP contribution in [0.25, 0.3) is 0 Å². The van der Waals surface area contributed by atoms with Crippen molar-refractivity contribution in [3.05, 3.63) is 60.2 Å². The average Bonchev–Trinajstić information content (AvgIpc) is 3.09. The Hall–Kier alpha value is -2.22. The number of hydrogen-bond donors (Lipinski definition) is 2. The van der Waals surface area contributed by atoms with Crippen LogP contribution in [0.2, 0.25) is 0 Å². The molecule has 0 aliphatic heterocycles. The van der Waals surface area contributed by atoms with E-state index in [2.05, 4.69) is 10.0 Å². The van der Waals surface area contributed by atoms with Crippen molar-refractivity contribution < 1.29 is 17.9 Å². The van der Waals surface area contributed by atoms with Gasteiger partial charge in [0.1, 0.15) is 0 Å². The number of hydrogen-bond acceptors (Lipinski definition) is 4. The monoisotopic (exact) mass is 388 g/mol. The summed E-state index contributed by atoms with van der Waals surface area (Å²) in [4.78, 5) is 12.5. The van der Waals surface area contributed by atoms with E-state index in [0.717, 1.165) is 19.3 Å². The van der Waals surface area contributed by atoms with E-state index in [1.807, 2.05) is 18.2 Å². The predicted octanol–water partition coefficient (Wildman–Crippen LogP) is 3.03. The van der Waals surface area contributed by atoms with Crippen LogP contribution in [-0.2, 0) is 14.8 Å². The minimum absolute atomic E-state index is 0.0891. The molecule has 7 heteroatoms. The first-order chi connectivity index (χ1) is 13.0. The maximum absolute atomic E-state index is 12.8. The Balaban J connectivity index is 1.74. The molecule has 2 aromatic carbocycles. The highest BCUT2D eigenvalue weighted by molar-refractivity contribution is 7.89. The van der Waals surface area contributed by atoms with E-state index >= 15 is 0 Å². The van der Waals surface area contributed by atoms with Crippen LogP contribution in [-0.4, -0.2) is 34.1 Å². The van der Waals surface area contributed by atoms with Crippen molar-refractivity contribution in [3.8, 4) is 0 Å². The highest BCUT2D eigenvalue weighted by Crippen LogP contribution is 2.27. The van der Waals surface area contributed by atoms with Crippen molar-refractivity contribution in [2.75, 3.05) is 19.0 Å². The molecule has 0 bridgehead atoms. The molecule has 1 aliphatic carbocycles. The van der Waals surface area contributed by atoms with Crippen molar-refractivity contribution in [3.63, 3.8) is 0 Å². The maximum Gasteiger partial charge on any atom is 0.255 e. The molecule has 2 aromatic rings. The fourth-order valence-electron chi connectivity index (χ4n) is 3.40. The van der Waals surface area contributed by atoms with E-state index in [-0.39, 0.29) is 22.8 Å². The van der Waals surface area contributed by atoms with E-state index in [1.165, 1.54) is 12.1 Å². The first-order valence-electron chi connectivity index (χ1n) is 8.97. The molecular formula is C20H24N2O4S. The van der Waals surface area contributed by atoms with Gasteiger partial charge in [0.2, 0.25) is 10.0 Å². The van der Waals surface area contributed by atoms with Crippen LogP contribution < -0.4 is 10.0 Å². The smallest absolute Gasteiger partial charge is 0.255 e. The van der Waals surface area contributed by atoms with Gasteiger partial charge in [0, 0.05) is 24.4 Å². The number of methoxy groups -OCH3 is 1. The lowest BCUT2D eigenvalue weighted by atomic mass is 10.1. The van der Waals surface area contributed by atoms with Gasteiger partial charge in [0.25, 0.3) is 5.91 Å². The molecule has 1 fully saturated rings. The molecule has 27 heavy (non-hydrogen) atoms. The Labute approximate surface area is 160 Å². The molecule has 1 aliphatic rings. The molecule has 6 nitrogen and oxygen atoms in total. The van der Waals surface area contributed by atoms with Crippen LogP contribution in [0.4, 0.5) is 5.69 Å². The molecule has 0 unspecified atom stereocenters. The zero-order chi connectivity index (χ0) is 19.3. The summed E-state index contributed by atoms with van der Waals surface area (Å²) in [5.41, 5.74) is 0.948. The Bertz CT molecular complexity index is 884. The minimum atomic E-state index is -3.71. The highest BCUT2D eigenvalue weighted by Gasteiger charge is 2.31. The van der Waals surface area contributed by atoms with Gasteiger partial charge in [-0.05, 0) is 49.1 Å². The lowest BCUT2D eigenvalue weighted by Crippen LogP contribution is -2.38. The summed E-state index contributed by atoms with van der Waals surface area (Å²) in [7, 11) is -2.09. The first-order valence-corrected chi connectivity index (χ1v) is 10.5. The second-order valence-corrected chi connectivity index (χ2v) is 8.44. The quantitative estimate of drug-likeness (QED) is 0.764. The summed E-state index contributed by atoms with van der Waals surface area (Å²) in [6.45, 7) is 0.534. The van der Waals surface area contributed by atoms with Gasteiger partial charge in [-0.3, -0.25) is 4.79 Å². The molecule has 144 valence electrons. The topological polar surface area (TPSA) is 84.5 Å². The molecular weight excluding hydrogens is 364 g/mol. The van der Waals surface area contributed by atoms with Crippen molar-refractivity contribution in [1.29, 1.82) is 0 Å². The molecule has 3 rings (SSSR count).